The van der Waals surface area contributed by atoms with Crippen molar-refractivity contribution in [3.63, 3.8) is 0 Å². The van der Waals surface area contributed by atoms with E-state index in [1.54, 1.807) is 16.9 Å². The summed E-state index contributed by atoms with van der Waals surface area (Å²) in [5.41, 5.74) is -0.517. The summed E-state index contributed by atoms with van der Waals surface area (Å²) in [5.74, 6) is 0.520. The van der Waals surface area contributed by atoms with Crippen molar-refractivity contribution >= 4 is 12.0 Å². The zero-order valence-electron chi connectivity index (χ0n) is 25.2. The Morgan fingerprint density at radius 2 is 2.00 bits per heavy atom. The van der Waals surface area contributed by atoms with Gasteiger partial charge in [0.25, 0.3) is 0 Å². The Bertz CT molecular complexity index is 1160. The summed E-state index contributed by atoms with van der Waals surface area (Å²) in [4.78, 5) is 35.0. The molecule has 5 rings (SSSR count). The van der Waals surface area contributed by atoms with Crippen LogP contribution in [0.4, 0.5) is 18.0 Å². The van der Waals surface area contributed by atoms with Gasteiger partial charge in [0, 0.05) is 58.2 Å². The van der Waals surface area contributed by atoms with E-state index in [4.69, 9.17) is 14.2 Å². The van der Waals surface area contributed by atoms with Gasteiger partial charge in [-0.15, -0.1) is 0 Å². The number of methoxy groups -OCH3 is 1. The number of amides is 2. The molecule has 1 aromatic heterocycles. The van der Waals surface area contributed by atoms with Gasteiger partial charge in [-0.3, -0.25) is 9.78 Å². The highest BCUT2D eigenvalue weighted by molar-refractivity contribution is 5.85. The molecule has 0 aromatic carbocycles. The van der Waals surface area contributed by atoms with Gasteiger partial charge in [0.1, 0.15) is 0 Å². The van der Waals surface area contributed by atoms with E-state index >= 15 is 0 Å². The molecular weight excluding hydrogens is 551 g/mol. The molecule has 4 aliphatic rings. The molecule has 2 amide bonds. The van der Waals surface area contributed by atoms with Crippen LogP contribution in [-0.2, 0) is 38.1 Å². The first-order valence-electron chi connectivity index (χ1n) is 15.2. The van der Waals surface area contributed by atoms with Crippen molar-refractivity contribution in [2.75, 3.05) is 46.6 Å². The lowest BCUT2D eigenvalue weighted by atomic mass is 9.78. The molecule has 11 heteroatoms. The third kappa shape index (κ3) is 6.56. The van der Waals surface area contributed by atoms with E-state index < -0.39 is 23.2 Å². The molecule has 0 bridgehead atoms. The van der Waals surface area contributed by atoms with Crippen LogP contribution in [-0.4, -0.2) is 79.5 Å². The highest BCUT2D eigenvalue weighted by Gasteiger charge is 2.60. The van der Waals surface area contributed by atoms with Crippen LogP contribution in [0.3, 0.4) is 0 Å². The minimum Gasteiger partial charge on any atom is -0.449 e. The number of aromatic nitrogens is 1. The standard InChI is InChI=1S/C31H44F3N3O5/c1-29(2,3)7-10-42-28(39)37-17-24-12-20(11-21-6-9-41-18-26(21)40-4)14-30(24,19-37)27(38)36-8-5-25-22(16-36)13-23(15-35-25)31(32,33)34/h13,15,20-21,24,26H,5-12,14,16-19H2,1-4H3/t20-,21?,24+,26?,30+/m1/s1. The second-order valence-electron chi connectivity index (χ2n) is 13.9. The van der Waals surface area contributed by atoms with Gasteiger partial charge in [-0.05, 0) is 66.9 Å². The summed E-state index contributed by atoms with van der Waals surface area (Å²) in [5, 5.41) is 0. The first-order valence-corrected chi connectivity index (χ1v) is 15.2. The van der Waals surface area contributed by atoms with E-state index in [1.807, 2.05) is 0 Å². The molecule has 2 saturated heterocycles. The Kier molecular flexibility index (Phi) is 8.83. The van der Waals surface area contributed by atoms with E-state index in [0.29, 0.717) is 62.9 Å². The zero-order valence-corrected chi connectivity index (χ0v) is 25.2. The number of rotatable bonds is 6. The number of hydrogen-bond acceptors (Lipinski definition) is 6. The second-order valence-corrected chi connectivity index (χ2v) is 13.9. The maximum Gasteiger partial charge on any atom is 0.417 e. The van der Waals surface area contributed by atoms with Gasteiger partial charge in [-0.2, -0.15) is 13.2 Å². The largest absolute Gasteiger partial charge is 0.449 e. The van der Waals surface area contributed by atoms with Crippen LogP contribution < -0.4 is 0 Å². The van der Waals surface area contributed by atoms with Crippen LogP contribution in [0.2, 0.25) is 0 Å². The maximum absolute atomic E-state index is 14.4. The monoisotopic (exact) mass is 595 g/mol. The summed E-state index contributed by atoms with van der Waals surface area (Å²) in [6.45, 7) is 9.04. The fourth-order valence-corrected chi connectivity index (χ4v) is 7.48. The number of carbonyl (C=O) groups is 2. The lowest BCUT2D eigenvalue weighted by molar-refractivity contribution is -0.144. The maximum atomic E-state index is 14.4. The van der Waals surface area contributed by atoms with Gasteiger partial charge >= 0.3 is 12.3 Å². The molecule has 1 aliphatic carbocycles. The van der Waals surface area contributed by atoms with Crippen LogP contribution in [0.15, 0.2) is 12.3 Å². The molecule has 1 aromatic rings. The van der Waals surface area contributed by atoms with E-state index in [1.165, 1.54) is 0 Å². The number of halogens is 3. The van der Waals surface area contributed by atoms with Crippen molar-refractivity contribution in [2.24, 2.45) is 28.6 Å². The number of ether oxygens (including phenoxy) is 3. The first kappa shape index (κ1) is 31.0. The predicted molar refractivity (Wildman–Crippen MR) is 148 cm³/mol. The number of carbonyl (C=O) groups excluding carboxylic acids is 2. The molecule has 3 aliphatic heterocycles. The number of likely N-dealkylation sites (tertiary alicyclic amines) is 1. The zero-order chi connectivity index (χ0) is 30.3. The minimum atomic E-state index is -4.50. The summed E-state index contributed by atoms with van der Waals surface area (Å²) in [6, 6.07) is 1.12. The van der Waals surface area contributed by atoms with Crippen molar-refractivity contribution in [1.29, 1.82) is 0 Å². The molecule has 0 spiro atoms. The van der Waals surface area contributed by atoms with Crippen LogP contribution in [0, 0.1) is 28.6 Å². The molecule has 234 valence electrons. The highest BCUT2D eigenvalue weighted by atomic mass is 19.4. The summed E-state index contributed by atoms with van der Waals surface area (Å²) < 4.78 is 57.2. The van der Waals surface area contributed by atoms with Gasteiger partial charge in [0.2, 0.25) is 5.91 Å². The first-order chi connectivity index (χ1) is 19.8. The van der Waals surface area contributed by atoms with Crippen LogP contribution in [0.1, 0.15) is 69.7 Å². The molecule has 8 nitrogen and oxygen atoms in total. The quantitative estimate of drug-likeness (QED) is 0.443. The molecule has 3 fully saturated rings. The second kappa shape index (κ2) is 11.9. The van der Waals surface area contributed by atoms with E-state index in [2.05, 4.69) is 25.8 Å². The van der Waals surface area contributed by atoms with Crippen LogP contribution in [0.5, 0.6) is 0 Å². The third-order valence-corrected chi connectivity index (χ3v) is 9.76. The number of pyridine rings is 1. The van der Waals surface area contributed by atoms with Crippen molar-refractivity contribution in [2.45, 2.75) is 78.1 Å². The van der Waals surface area contributed by atoms with Crippen molar-refractivity contribution < 1.29 is 37.0 Å². The Hall–Kier alpha value is -2.40. The average molecular weight is 596 g/mol. The summed E-state index contributed by atoms with van der Waals surface area (Å²) in [6.07, 6.45) is 0.412. The van der Waals surface area contributed by atoms with Crippen molar-refractivity contribution in [1.82, 2.24) is 14.8 Å². The molecule has 2 unspecified atom stereocenters. The Morgan fingerprint density at radius 1 is 1.21 bits per heavy atom. The molecule has 42 heavy (non-hydrogen) atoms. The van der Waals surface area contributed by atoms with Crippen LogP contribution in [0.25, 0.3) is 0 Å². The Labute approximate surface area is 246 Å². The van der Waals surface area contributed by atoms with Crippen molar-refractivity contribution in [3.8, 4) is 0 Å². The molecule has 0 N–H and O–H groups in total. The van der Waals surface area contributed by atoms with Crippen LogP contribution >= 0.6 is 0 Å². The lowest BCUT2D eigenvalue weighted by Gasteiger charge is -2.37. The molecule has 5 atom stereocenters. The van der Waals surface area contributed by atoms with Gasteiger partial charge in [0.05, 0.1) is 30.3 Å². The minimum absolute atomic E-state index is 0.0223. The third-order valence-electron chi connectivity index (χ3n) is 9.76. The number of hydrogen-bond donors (Lipinski definition) is 0. The van der Waals surface area contributed by atoms with Gasteiger partial charge in [-0.1, -0.05) is 20.8 Å². The van der Waals surface area contributed by atoms with Gasteiger partial charge in [-0.25, -0.2) is 4.79 Å². The Morgan fingerprint density at radius 3 is 2.71 bits per heavy atom. The number of alkyl halides is 3. The topological polar surface area (TPSA) is 81.2 Å². The SMILES string of the molecule is COC1COCCC1C[C@@H]1C[C@H]2CN(C(=O)OCCC(C)(C)C)C[C@@]2(C(=O)N2CCc3ncc(C(F)(F)F)cc3C2)C1. The fourth-order valence-electron chi connectivity index (χ4n) is 7.48. The average Bonchev–Trinajstić information content (AvgIpc) is 3.46. The molecule has 4 heterocycles. The molecular formula is C31H44F3N3O5. The smallest absolute Gasteiger partial charge is 0.417 e. The van der Waals surface area contributed by atoms with Gasteiger partial charge < -0.3 is 24.0 Å². The van der Waals surface area contributed by atoms with E-state index in [-0.39, 0.29) is 42.4 Å². The molecule has 1 saturated carbocycles. The Balaban J connectivity index is 1.34. The summed E-state index contributed by atoms with van der Waals surface area (Å²) in [7, 11) is 1.71. The number of nitrogens with zero attached hydrogens (tertiary/aromatic N) is 3. The number of fused-ring (bicyclic) bond motifs is 2. The highest BCUT2D eigenvalue weighted by Crippen LogP contribution is 2.54. The fraction of sp³-hybridized carbons (Fsp3) is 0.774. The van der Waals surface area contributed by atoms with E-state index in [0.717, 1.165) is 37.9 Å². The van der Waals surface area contributed by atoms with E-state index in [9.17, 15) is 22.8 Å². The normalized spacial score (nSPS) is 29.8. The lowest BCUT2D eigenvalue weighted by Crippen LogP contribution is -2.49. The summed E-state index contributed by atoms with van der Waals surface area (Å²) >= 11 is 0. The van der Waals surface area contributed by atoms with Crippen molar-refractivity contribution in [3.05, 3.63) is 29.1 Å². The van der Waals surface area contributed by atoms with Gasteiger partial charge in [0.15, 0.2) is 0 Å². The molecule has 0 radical (unpaired) electrons. The predicted octanol–water partition coefficient (Wildman–Crippen LogP) is 5.33.